The molecule has 0 spiro atoms. The highest BCUT2D eigenvalue weighted by Gasteiger charge is 2.22. The van der Waals surface area contributed by atoms with Crippen molar-refractivity contribution in [2.45, 2.75) is 12.8 Å². The maximum absolute atomic E-state index is 12.3. The molecule has 1 aliphatic carbocycles. The van der Waals surface area contributed by atoms with E-state index in [1.807, 2.05) is 30.0 Å². The number of ketones is 1. The van der Waals surface area contributed by atoms with Crippen molar-refractivity contribution in [3.8, 4) is 0 Å². The average molecular weight is 242 g/mol. The standard InChI is InChI=1S/C15H14OS/c16-15-13(9-11-7-8-17-10-11)6-5-12-3-1-2-4-14(12)15/h1-4,7-9,11H,5-6,10H2. The van der Waals surface area contributed by atoms with E-state index in [1.54, 1.807) is 0 Å². The highest BCUT2D eigenvalue weighted by atomic mass is 32.2. The molecule has 0 saturated carbocycles. The van der Waals surface area contributed by atoms with Gasteiger partial charge in [-0.2, -0.15) is 0 Å². The van der Waals surface area contributed by atoms with Crippen LogP contribution in [-0.2, 0) is 6.42 Å². The Bertz CT molecular complexity index is 513. The van der Waals surface area contributed by atoms with Gasteiger partial charge in [0.1, 0.15) is 0 Å². The third kappa shape index (κ3) is 2.09. The number of carbonyl (C=O) groups is 1. The molecule has 0 bridgehead atoms. The average Bonchev–Trinajstić information content (AvgIpc) is 2.86. The van der Waals surface area contributed by atoms with E-state index < -0.39 is 0 Å². The SMILES string of the molecule is O=C1C(=CC2C=CSC2)CCc2ccccc21. The van der Waals surface area contributed by atoms with E-state index in [1.165, 1.54) is 5.56 Å². The molecule has 1 aliphatic heterocycles. The summed E-state index contributed by atoms with van der Waals surface area (Å²) in [6, 6.07) is 7.97. The number of fused-ring (bicyclic) bond motifs is 1. The Balaban J connectivity index is 1.91. The fourth-order valence-electron chi connectivity index (χ4n) is 2.42. The number of aryl methyl sites for hydroxylation is 1. The first kappa shape index (κ1) is 10.8. The van der Waals surface area contributed by atoms with Gasteiger partial charge >= 0.3 is 0 Å². The normalized spacial score (nSPS) is 25.3. The quantitative estimate of drug-likeness (QED) is 0.700. The maximum Gasteiger partial charge on any atom is 0.188 e. The molecule has 1 unspecified atom stereocenters. The van der Waals surface area contributed by atoms with Crippen molar-refractivity contribution in [3.63, 3.8) is 0 Å². The van der Waals surface area contributed by atoms with Gasteiger partial charge in [0.2, 0.25) is 0 Å². The van der Waals surface area contributed by atoms with Gasteiger partial charge in [-0.25, -0.2) is 0 Å². The van der Waals surface area contributed by atoms with Crippen LogP contribution in [0, 0.1) is 5.92 Å². The van der Waals surface area contributed by atoms with Crippen molar-refractivity contribution >= 4 is 17.5 Å². The molecule has 0 aromatic heterocycles. The number of carbonyl (C=O) groups excluding carboxylic acids is 1. The monoisotopic (exact) mass is 242 g/mol. The lowest BCUT2D eigenvalue weighted by molar-refractivity contribution is 0.102. The minimum atomic E-state index is 0.233. The van der Waals surface area contributed by atoms with Crippen LogP contribution < -0.4 is 0 Å². The summed E-state index contributed by atoms with van der Waals surface area (Å²) < 4.78 is 0. The molecular weight excluding hydrogens is 228 g/mol. The molecule has 1 aromatic carbocycles. The first-order valence-corrected chi connectivity index (χ1v) is 7.01. The fourth-order valence-corrected chi connectivity index (χ4v) is 3.27. The molecule has 0 N–H and O–H groups in total. The van der Waals surface area contributed by atoms with Crippen LogP contribution in [-0.4, -0.2) is 11.5 Å². The Morgan fingerprint density at radius 2 is 2.12 bits per heavy atom. The van der Waals surface area contributed by atoms with Crippen LogP contribution in [0.1, 0.15) is 22.3 Å². The van der Waals surface area contributed by atoms with E-state index in [2.05, 4.69) is 23.6 Å². The van der Waals surface area contributed by atoms with Crippen molar-refractivity contribution in [1.29, 1.82) is 0 Å². The Morgan fingerprint density at radius 3 is 2.94 bits per heavy atom. The molecule has 17 heavy (non-hydrogen) atoms. The lowest BCUT2D eigenvalue weighted by atomic mass is 9.85. The first-order chi connectivity index (χ1) is 8.34. The predicted octanol–water partition coefficient (Wildman–Crippen LogP) is 3.62. The summed E-state index contributed by atoms with van der Waals surface area (Å²) in [5.41, 5.74) is 3.10. The summed E-state index contributed by atoms with van der Waals surface area (Å²) >= 11 is 1.82. The number of benzene rings is 1. The second-order valence-electron chi connectivity index (χ2n) is 4.50. The van der Waals surface area contributed by atoms with Crippen LogP contribution in [0.5, 0.6) is 0 Å². The lowest BCUT2D eigenvalue weighted by Gasteiger charge is -2.18. The first-order valence-electron chi connectivity index (χ1n) is 5.96. The van der Waals surface area contributed by atoms with E-state index in [9.17, 15) is 4.79 Å². The van der Waals surface area contributed by atoms with Gasteiger partial charge in [-0.15, -0.1) is 11.8 Å². The van der Waals surface area contributed by atoms with Crippen molar-refractivity contribution in [2.24, 2.45) is 5.92 Å². The van der Waals surface area contributed by atoms with Crippen LogP contribution in [0.15, 0.2) is 47.4 Å². The minimum Gasteiger partial charge on any atom is -0.289 e. The molecule has 0 fully saturated rings. The molecule has 0 radical (unpaired) electrons. The highest BCUT2D eigenvalue weighted by molar-refractivity contribution is 8.02. The van der Waals surface area contributed by atoms with Crippen molar-refractivity contribution in [3.05, 3.63) is 58.5 Å². The maximum atomic E-state index is 12.3. The molecule has 3 rings (SSSR count). The number of Topliss-reactive ketones (excluding diaryl/α,β-unsaturated/α-hetero) is 1. The second-order valence-corrected chi connectivity index (χ2v) is 5.44. The van der Waals surface area contributed by atoms with Gasteiger partial charge in [0.25, 0.3) is 0 Å². The molecule has 2 aliphatic rings. The van der Waals surface area contributed by atoms with Gasteiger partial charge in [-0.05, 0) is 29.4 Å². The van der Waals surface area contributed by atoms with Crippen LogP contribution >= 0.6 is 11.8 Å². The molecule has 1 nitrogen and oxygen atoms in total. The zero-order valence-corrected chi connectivity index (χ0v) is 10.4. The van der Waals surface area contributed by atoms with Crippen LogP contribution in [0.25, 0.3) is 0 Å². The fraction of sp³-hybridized carbons (Fsp3) is 0.267. The van der Waals surface area contributed by atoms with Crippen LogP contribution in [0.2, 0.25) is 0 Å². The van der Waals surface area contributed by atoms with E-state index in [-0.39, 0.29) is 5.78 Å². The summed E-state index contributed by atoms with van der Waals surface area (Å²) in [6.45, 7) is 0. The van der Waals surface area contributed by atoms with E-state index >= 15 is 0 Å². The zero-order valence-electron chi connectivity index (χ0n) is 9.56. The number of hydrogen-bond acceptors (Lipinski definition) is 2. The van der Waals surface area contributed by atoms with Crippen molar-refractivity contribution in [2.75, 3.05) is 5.75 Å². The molecule has 2 heteroatoms. The third-order valence-electron chi connectivity index (χ3n) is 3.34. The Labute approximate surface area is 106 Å². The van der Waals surface area contributed by atoms with Gasteiger partial charge in [-0.3, -0.25) is 4.79 Å². The number of thioether (sulfide) groups is 1. The summed E-state index contributed by atoms with van der Waals surface area (Å²) in [6.07, 6.45) is 6.24. The Hall–Kier alpha value is -1.28. The van der Waals surface area contributed by atoms with Gasteiger partial charge in [0, 0.05) is 17.2 Å². The summed E-state index contributed by atoms with van der Waals surface area (Å²) in [5, 5.41) is 2.13. The Morgan fingerprint density at radius 1 is 1.24 bits per heavy atom. The van der Waals surface area contributed by atoms with E-state index in [0.717, 1.165) is 29.7 Å². The molecule has 0 amide bonds. The third-order valence-corrected chi connectivity index (χ3v) is 4.27. The van der Waals surface area contributed by atoms with Gasteiger partial charge < -0.3 is 0 Å². The van der Waals surface area contributed by atoms with Crippen LogP contribution in [0.3, 0.4) is 0 Å². The van der Waals surface area contributed by atoms with Gasteiger partial charge in [0.05, 0.1) is 0 Å². The van der Waals surface area contributed by atoms with Gasteiger partial charge in [0.15, 0.2) is 5.78 Å². The summed E-state index contributed by atoms with van der Waals surface area (Å²) in [5.74, 6) is 1.76. The van der Waals surface area contributed by atoms with E-state index in [0.29, 0.717) is 5.92 Å². The molecule has 0 saturated heterocycles. The van der Waals surface area contributed by atoms with Crippen LogP contribution in [0.4, 0.5) is 0 Å². The predicted molar refractivity (Wildman–Crippen MR) is 72.3 cm³/mol. The second kappa shape index (κ2) is 4.53. The minimum absolute atomic E-state index is 0.233. The van der Waals surface area contributed by atoms with Crippen molar-refractivity contribution < 1.29 is 4.79 Å². The number of hydrogen-bond donors (Lipinski definition) is 0. The van der Waals surface area contributed by atoms with Gasteiger partial charge in [-0.1, -0.05) is 36.4 Å². The van der Waals surface area contributed by atoms with E-state index in [4.69, 9.17) is 0 Å². The number of rotatable bonds is 1. The topological polar surface area (TPSA) is 17.1 Å². The summed E-state index contributed by atoms with van der Waals surface area (Å²) in [4.78, 5) is 12.3. The highest BCUT2D eigenvalue weighted by Crippen LogP contribution is 2.28. The number of allylic oxidation sites excluding steroid dienone is 3. The van der Waals surface area contributed by atoms with Crippen molar-refractivity contribution in [1.82, 2.24) is 0 Å². The summed E-state index contributed by atoms with van der Waals surface area (Å²) in [7, 11) is 0. The Kier molecular flexibility index (Phi) is 2.89. The smallest absolute Gasteiger partial charge is 0.188 e. The zero-order chi connectivity index (χ0) is 11.7. The molecule has 1 heterocycles. The molecule has 86 valence electrons. The molecule has 1 aromatic rings. The molecular formula is C15H14OS. The largest absolute Gasteiger partial charge is 0.289 e. The molecule has 1 atom stereocenters. The lowest BCUT2D eigenvalue weighted by Crippen LogP contribution is -2.15.